The molecule has 0 bridgehead atoms. The Labute approximate surface area is 196 Å². The second kappa shape index (κ2) is 9.35. The van der Waals surface area contributed by atoms with E-state index < -0.39 is 0 Å². The highest BCUT2D eigenvalue weighted by Crippen LogP contribution is 2.32. The molecule has 0 aliphatic carbocycles. The second-order valence-electron chi connectivity index (χ2n) is 7.66. The average Bonchev–Trinajstić information content (AvgIpc) is 3.20. The number of nitrogen functional groups attached to an aromatic ring is 1. The van der Waals surface area contributed by atoms with Crippen LogP contribution in [0.3, 0.4) is 0 Å². The minimum atomic E-state index is -0.138. The van der Waals surface area contributed by atoms with E-state index in [1.54, 1.807) is 48.3 Å². The SMILES string of the molecule is CN(C)CC=CC(=O)N(C)c1ccc(-n2nc(-c3ccc(Cl)cc3)c3c(N)ncnc32)nc1. The standard InChI is InChI=1S/C23H23ClN8O/c1-30(2)12-4-5-19(33)31(3)17-10-11-18(26-13-17)32-23-20(22(25)27-14-28-23)21(29-32)15-6-8-16(24)9-7-15/h4-11,13-14H,12H2,1-3H3,(H2,25,27,28). The summed E-state index contributed by atoms with van der Waals surface area (Å²) in [4.78, 5) is 28.9. The van der Waals surface area contributed by atoms with Crippen LogP contribution in [0.1, 0.15) is 0 Å². The van der Waals surface area contributed by atoms with Gasteiger partial charge >= 0.3 is 0 Å². The Morgan fingerprint density at radius 3 is 2.52 bits per heavy atom. The Morgan fingerprint density at radius 2 is 1.85 bits per heavy atom. The van der Waals surface area contributed by atoms with Crippen LogP contribution >= 0.6 is 11.6 Å². The van der Waals surface area contributed by atoms with E-state index in [2.05, 4.69) is 15.0 Å². The first-order valence-electron chi connectivity index (χ1n) is 10.2. The van der Waals surface area contributed by atoms with Gasteiger partial charge in [-0.25, -0.2) is 15.0 Å². The number of hydrogen-bond donors (Lipinski definition) is 1. The third-order valence-electron chi connectivity index (χ3n) is 5.01. The number of rotatable bonds is 6. The molecule has 9 nitrogen and oxygen atoms in total. The lowest BCUT2D eigenvalue weighted by atomic mass is 10.1. The third kappa shape index (κ3) is 4.69. The van der Waals surface area contributed by atoms with Crippen LogP contribution < -0.4 is 10.6 Å². The summed E-state index contributed by atoms with van der Waals surface area (Å²) in [5.41, 5.74) is 8.81. The molecule has 33 heavy (non-hydrogen) atoms. The molecule has 0 unspecified atom stereocenters. The lowest BCUT2D eigenvalue weighted by Crippen LogP contribution is -2.24. The van der Waals surface area contributed by atoms with Crippen LogP contribution in [0, 0.1) is 0 Å². The largest absolute Gasteiger partial charge is 0.383 e. The van der Waals surface area contributed by atoms with Crippen molar-refractivity contribution in [3.05, 3.63) is 66.1 Å². The number of nitrogens with zero attached hydrogens (tertiary/aromatic N) is 7. The lowest BCUT2D eigenvalue weighted by Gasteiger charge is -2.15. The summed E-state index contributed by atoms with van der Waals surface area (Å²) < 4.78 is 1.61. The van der Waals surface area contributed by atoms with Crippen LogP contribution in [-0.2, 0) is 4.79 Å². The lowest BCUT2D eigenvalue weighted by molar-refractivity contribution is -0.113. The molecule has 4 rings (SSSR count). The quantitative estimate of drug-likeness (QED) is 0.438. The van der Waals surface area contributed by atoms with Crippen LogP contribution in [0.5, 0.6) is 0 Å². The maximum atomic E-state index is 12.4. The van der Waals surface area contributed by atoms with Gasteiger partial charge in [-0.2, -0.15) is 9.78 Å². The van der Waals surface area contributed by atoms with E-state index in [4.69, 9.17) is 22.4 Å². The van der Waals surface area contributed by atoms with Gasteiger partial charge in [0.25, 0.3) is 0 Å². The van der Waals surface area contributed by atoms with Crippen molar-refractivity contribution in [2.45, 2.75) is 0 Å². The normalized spacial score (nSPS) is 11.5. The van der Waals surface area contributed by atoms with E-state index in [0.29, 0.717) is 45.6 Å². The molecule has 168 valence electrons. The highest BCUT2D eigenvalue weighted by molar-refractivity contribution is 6.30. The minimum absolute atomic E-state index is 0.138. The van der Waals surface area contributed by atoms with Crippen molar-refractivity contribution in [1.29, 1.82) is 0 Å². The molecule has 0 saturated carbocycles. The number of likely N-dealkylation sites (N-methyl/N-ethyl adjacent to an activating group) is 2. The second-order valence-corrected chi connectivity index (χ2v) is 8.10. The number of amides is 1. The predicted octanol–water partition coefficient (Wildman–Crippen LogP) is 3.19. The van der Waals surface area contributed by atoms with E-state index in [1.807, 2.05) is 37.2 Å². The van der Waals surface area contributed by atoms with Crippen LogP contribution in [0.4, 0.5) is 11.5 Å². The van der Waals surface area contributed by atoms with E-state index in [0.717, 1.165) is 5.56 Å². The maximum absolute atomic E-state index is 12.4. The fourth-order valence-corrected chi connectivity index (χ4v) is 3.38. The average molecular weight is 463 g/mol. The molecule has 0 aliphatic rings. The molecular weight excluding hydrogens is 440 g/mol. The summed E-state index contributed by atoms with van der Waals surface area (Å²) >= 11 is 6.03. The van der Waals surface area contributed by atoms with Crippen molar-refractivity contribution in [2.75, 3.05) is 38.3 Å². The molecule has 3 heterocycles. The predicted molar refractivity (Wildman–Crippen MR) is 130 cm³/mol. The number of hydrogen-bond acceptors (Lipinski definition) is 7. The summed E-state index contributed by atoms with van der Waals surface area (Å²) in [6.45, 7) is 0.685. The van der Waals surface area contributed by atoms with E-state index in [-0.39, 0.29) is 5.91 Å². The number of carbonyl (C=O) groups excluding carboxylic acids is 1. The van der Waals surface area contributed by atoms with Crippen LogP contribution in [0.25, 0.3) is 28.1 Å². The summed E-state index contributed by atoms with van der Waals surface area (Å²) in [5.74, 6) is 0.718. The molecule has 2 N–H and O–H groups in total. The molecule has 0 saturated heterocycles. The Morgan fingerprint density at radius 1 is 1.09 bits per heavy atom. The molecule has 3 aromatic heterocycles. The van der Waals surface area contributed by atoms with Crippen LogP contribution in [-0.4, -0.2) is 63.2 Å². The van der Waals surface area contributed by atoms with E-state index in [9.17, 15) is 4.79 Å². The zero-order valence-electron chi connectivity index (χ0n) is 18.5. The third-order valence-corrected chi connectivity index (χ3v) is 5.26. The number of anilines is 2. The monoisotopic (exact) mass is 462 g/mol. The summed E-state index contributed by atoms with van der Waals surface area (Å²) in [7, 11) is 5.59. The number of aromatic nitrogens is 5. The van der Waals surface area contributed by atoms with Gasteiger partial charge in [-0.15, -0.1) is 0 Å². The highest BCUT2D eigenvalue weighted by Gasteiger charge is 2.19. The number of halogens is 1. The van der Waals surface area contributed by atoms with Gasteiger partial charge in [-0.1, -0.05) is 29.8 Å². The van der Waals surface area contributed by atoms with Crippen molar-refractivity contribution in [3.63, 3.8) is 0 Å². The van der Waals surface area contributed by atoms with Gasteiger partial charge in [0.1, 0.15) is 17.8 Å². The molecule has 0 fully saturated rings. The first kappa shape index (κ1) is 22.4. The molecule has 4 aromatic rings. The maximum Gasteiger partial charge on any atom is 0.250 e. The number of pyridine rings is 1. The Bertz CT molecular complexity index is 1310. The van der Waals surface area contributed by atoms with Crippen molar-refractivity contribution in [3.8, 4) is 17.1 Å². The van der Waals surface area contributed by atoms with Crippen molar-refractivity contribution in [2.24, 2.45) is 0 Å². The fourth-order valence-electron chi connectivity index (χ4n) is 3.25. The van der Waals surface area contributed by atoms with Gasteiger partial charge < -0.3 is 15.5 Å². The van der Waals surface area contributed by atoms with Crippen LogP contribution in [0.2, 0.25) is 5.02 Å². The summed E-state index contributed by atoms with van der Waals surface area (Å²) in [5, 5.41) is 5.97. The Kier molecular flexibility index (Phi) is 6.34. The van der Waals surface area contributed by atoms with Crippen LogP contribution in [0.15, 0.2) is 61.1 Å². The number of benzene rings is 1. The van der Waals surface area contributed by atoms with Crippen molar-refractivity contribution >= 4 is 40.0 Å². The zero-order chi connectivity index (χ0) is 23.5. The first-order valence-corrected chi connectivity index (χ1v) is 10.5. The smallest absolute Gasteiger partial charge is 0.250 e. The number of carbonyl (C=O) groups is 1. The number of fused-ring (bicyclic) bond motifs is 1. The Balaban J connectivity index is 1.69. The van der Waals surface area contributed by atoms with Gasteiger partial charge in [0.05, 0.1) is 17.3 Å². The number of nitrogens with two attached hydrogens (primary N) is 1. The van der Waals surface area contributed by atoms with Gasteiger partial charge in [-0.3, -0.25) is 4.79 Å². The summed E-state index contributed by atoms with van der Waals surface area (Å²) in [6.07, 6.45) is 6.38. The molecule has 0 atom stereocenters. The molecule has 10 heteroatoms. The molecule has 0 spiro atoms. The molecule has 1 aromatic carbocycles. The van der Waals surface area contributed by atoms with E-state index >= 15 is 0 Å². The van der Waals surface area contributed by atoms with Crippen molar-refractivity contribution in [1.82, 2.24) is 29.6 Å². The molecular formula is C23H23ClN8O. The fraction of sp³-hybridized carbons (Fsp3) is 0.174. The molecule has 0 radical (unpaired) electrons. The minimum Gasteiger partial charge on any atom is -0.383 e. The topological polar surface area (TPSA) is 106 Å². The van der Waals surface area contributed by atoms with E-state index in [1.165, 1.54) is 11.2 Å². The van der Waals surface area contributed by atoms with Gasteiger partial charge in [0.2, 0.25) is 5.91 Å². The molecule has 0 aliphatic heterocycles. The van der Waals surface area contributed by atoms with Crippen molar-refractivity contribution < 1.29 is 4.79 Å². The molecule has 1 amide bonds. The highest BCUT2D eigenvalue weighted by atomic mass is 35.5. The van der Waals surface area contributed by atoms with Gasteiger partial charge in [-0.05, 0) is 38.4 Å². The first-order chi connectivity index (χ1) is 15.8. The van der Waals surface area contributed by atoms with Gasteiger partial charge in [0, 0.05) is 30.3 Å². The zero-order valence-corrected chi connectivity index (χ0v) is 19.2. The summed E-state index contributed by atoms with van der Waals surface area (Å²) in [6, 6.07) is 10.9. The Hall–Kier alpha value is -3.82. The van der Waals surface area contributed by atoms with Gasteiger partial charge in [0.15, 0.2) is 11.5 Å².